The van der Waals surface area contributed by atoms with Crippen molar-refractivity contribution in [2.45, 2.75) is 239 Å². The lowest BCUT2D eigenvalue weighted by atomic mass is 10.1. The standard InChI is InChI=1S/C62H100O6/c1-4-7-10-13-16-19-21-23-25-26-27-28-29-30-31-32-33-34-35-36-38-39-41-43-46-49-52-55-61(64)67-58-59(57-66-60(63)54-51-48-45-18-15-12-9-6-3)68-62(65)56-53-50-47-44-42-40-37-24-22-20-17-14-11-8-5-2/h7,10,16-17,19-20,23-25,27-28,30-31,33-34,36-38,41,43,59H,4-6,8-9,11-15,18,21-22,26,29,32,35,39-40,42,44-58H2,1-3H3/b10-7-,19-16-,20-17-,25-23-,28-27-,31-30-,34-33-,37-24-,38-36-,43-41-. The number of carbonyl (C=O) groups is 3. The van der Waals surface area contributed by atoms with Gasteiger partial charge in [0.2, 0.25) is 0 Å². The van der Waals surface area contributed by atoms with E-state index in [1.807, 2.05) is 0 Å². The molecule has 0 aliphatic rings. The molecule has 68 heavy (non-hydrogen) atoms. The monoisotopic (exact) mass is 941 g/mol. The molecule has 0 aromatic rings. The van der Waals surface area contributed by atoms with Crippen LogP contribution in [0, 0.1) is 0 Å². The van der Waals surface area contributed by atoms with Crippen molar-refractivity contribution >= 4 is 17.9 Å². The molecule has 0 rings (SSSR count). The predicted octanol–water partition coefficient (Wildman–Crippen LogP) is 18.5. The van der Waals surface area contributed by atoms with Gasteiger partial charge >= 0.3 is 17.9 Å². The van der Waals surface area contributed by atoms with Crippen LogP contribution >= 0.6 is 0 Å². The zero-order valence-corrected chi connectivity index (χ0v) is 43.8. The van der Waals surface area contributed by atoms with Crippen LogP contribution in [0.2, 0.25) is 0 Å². The van der Waals surface area contributed by atoms with Crippen molar-refractivity contribution in [2.24, 2.45) is 0 Å². The first-order valence-corrected chi connectivity index (χ1v) is 27.5. The second-order valence-corrected chi connectivity index (χ2v) is 17.8. The molecule has 0 saturated carbocycles. The maximum Gasteiger partial charge on any atom is 0.306 e. The van der Waals surface area contributed by atoms with Crippen LogP contribution in [0.3, 0.4) is 0 Å². The molecule has 0 fully saturated rings. The van der Waals surface area contributed by atoms with Crippen molar-refractivity contribution in [3.05, 3.63) is 122 Å². The van der Waals surface area contributed by atoms with Crippen molar-refractivity contribution in [1.29, 1.82) is 0 Å². The summed E-state index contributed by atoms with van der Waals surface area (Å²) in [5, 5.41) is 0. The third-order valence-electron chi connectivity index (χ3n) is 11.2. The van der Waals surface area contributed by atoms with Gasteiger partial charge in [-0.3, -0.25) is 14.4 Å². The van der Waals surface area contributed by atoms with E-state index in [4.69, 9.17) is 14.2 Å². The minimum atomic E-state index is -0.803. The summed E-state index contributed by atoms with van der Waals surface area (Å²) < 4.78 is 16.7. The average Bonchev–Trinajstić information content (AvgIpc) is 3.34. The molecular formula is C62H100O6. The van der Waals surface area contributed by atoms with Gasteiger partial charge in [-0.05, 0) is 116 Å². The van der Waals surface area contributed by atoms with Gasteiger partial charge in [-0.15, -0.1) is 0 Å². The van der Waals surface area contributed by atoms with Gasteiger partial charge in [0.25, 0.3) is 0 Å². The molecule has 6 heteroatoms. The lowest BCUT2D eigenvalue weighted by Crippen LogP contribution is -2.30. The Hall–Kier alpha value is -4.19. The highest BCUT2D eigenvalue weighted by Crippen LogP contribution is 2.13. The van der Waals surface area contributed by atoms with Crippen LogP contribution in [-0.2, 0) is 28.6 Å². The third-order valence-corrected chi connectivity index (χ3v) is 11.2. The minimum absolute atomic E-state index is 0.0995. The number of esters is 3. The molecule has 0 saturated heterocycles. The van der Waals surface area contributed by atoms with Gasteiger partial charge in [0.05, 0.1) is 0 Å². The molecule has 6 nitrogen and oxygen atoms in total. The molecular weight excluding hydrogens is 841 g/mol. The molecule has 0 radical (unpaired) electrons. The number of hydrogen-bond acceptors (Lipinski definition) is 6. The second kappa shape index (κ2) is 55.4. The summed E-state index contributed by atoms with van der Waals surface area (Å²) >= 11 is 0. The summed E-state index contributed by atoms with van der Waals surface area (Å²) in [4.78, 5) is 37.9. The average molecular weight is 941 g/mol. The second-order valence-electron chi connectivity index (χ2n) is 17.8. The normalized spacial score (nSPS) is 13.0. The molecule has 0 aliphatic carbocycles. The fourth-order valence-corrected chi connectivity index (χ4v) is 7.07. The molecule has 0 N–H and O–H groups in total. The number of unbranched alkanes of at least 4 members (excludes halogenated alkanes) is 17. The predicted molar refractivity (Wildman–Crippen MR) is 293 cm³/mol. The smallest absolute Gasteiger partial charge is 0.306 e. The molecule has 384 valence electrons. The molecule has 0 amide bonds. The van der Waals surface area contributed by atoms with Crippen LogP contribution in [0.1, 0.15) is 233 Å². The highest BCUT2D eigenvalue weighted by molar-refractivity contribution is 5.71. The Morgan fingerprint density at radius 1 is 0.309 bits per heavy atom. The van der Waals surface area contributed by atoms with Crippen LogP contribution in [0.4, 0.5) is 0 Å². The summed E-state index contributed by atoms with van der Waals surface area (Å²) in [5.74, 6) is -0.969. The largest absolute Gasteiger partial charge is 0.462 e. The van der Waals surface area contributed by atoms with Crippen LogP contribution in [-0.4, -0.2) is 37.2 Å². The molecule has 1 atom stereocenters. The summed E-state index contributed by atoms with van der Waals surface area (Å²) in [6.45, 7) is 6.40. The van der Waals surface area contributed by atoms with E-state index in [2.05, 4.69) is 142 Å². The van der Waals surface area contributed by atoms with E-state index in [-0.39, 0.29) is 31.1 Å². The first kappa shape index (κ1) is 63.8. The lowest BCUT2D eigenvalue weighted by Gasteiger charge is -2.18. The van der Waals surface area contributed by atoms with E-state index < -0.39 is 6.10 Å². The Bertz CT molecular complexity index is 1450. The van der Waals surface area contributed by atoms with E-state index in [0.717, 1.165) is 128 Å². The van der Waals surface area contributed by atoms with Crippen LogP contribution in [0.15, 0.2) is 122 Å². The number of ether oxygens (including phenoxy) is 3. The number of hydrogen-bond donors (Lipinski definition) is 0. The Kier molecular flexibility index (Phi) is 52.0. The first-order valence-electron chi connectivity index (χ1n) is 27.5. The van der Waals surface area contributed by atoms with E-state index >= 15 is 0 Å². The summed E-state index contributed by atoms with van der Waals surface area (Å²) in [5.41, 5.74) is 0. The molecule has 0 aromatic carbocycles. The van der Waals surface area contributed by atoms with Crippen LogP contribution in [0.25, 0.3) is 0 Å². The Balaban J connectivity index is 4.36. The van der Waals surface area contributed by atoms with Gasteiger partial charge in [-0.1, -0.05) is 219 Å². The summed E-state index contributed by atoms with van der Waals surface area (Å²) in [6, 6.07) is 0. The lowest BCUT2D eigenvalue weighted by molar-refractivity contribution is -0.167. The Morgan fingerprint density at radius 2 is 0.574 bits per heavy atom. The zero-order valence-electron chi connectivity index (χ0n) is 43.8. The van der Waals surface area contributed by atoms with Crippen molar-refractivity contribution in [3.8, 4) is 0 Å². The van der Waals surface area contributed by atoms with Gasteiger partial charge in [-0.25, -0.2) is 0 Å². The van der Waals surface area contributed by atoms with E-state index in [0.29, 0.717) is 25.7 Å². The van der Waals surface area contributed by atoms with Crippen LogP contribution < -0.4 is 0 Å². The van der Waals surface area contributed by atoms with E-state index in [1.54, 1.807) is 0 Å². The Labute approximate surface area is 418 Å². The molecule has 0 bridgehead atoms. The maximum atomic E-state index is 12.8. The maximum absolute atomic E-state index is 12.8. The molecule has 0 heterocycles. The topological polar surface area (TPSA) is 78.9 Å². The minimum Gasteiger partial charge on any atom is -0.462 e. The first-order chi connectivity index (χ1) is 33.5. The van der Waals surface area contributed by atoms with Gasteiger partial charge in [0.15, 0.2) is 6.10 Å². The Morgan fingerprint density at radius 3 is 0.956 bits per heavy atom. The molecule has 0 aromatic heterocycles. The van der Waals surface area contributed by atoms with Crippen molar-refractivity contribution in [1.82, 2.24) is 0 Å². The van der Waals surface area contributed by atoms with Gasteiger partial charge in [-0.2, -0.15) is 0 Å². The highest BCUT2D eigenvalue weighted by atomic mass is 16.6. The van der Waals surface area contributed by atoms with Crippen LogP contribution in [0.5, 0.6) is 0 Å². The van der Waals surface area contributed by atoms with Gasteiger partial charge in [0, 0.05) is 19.3 Å². The number of rotatable bonds is 48. The molecule has 1 unspecified atom stereocenters. The molecule has 0 aliphatic heterocycles. The van der Waals surface area contributed by atoms with Gasteiger partial charge in [0.1, 0.15) is 13.2 Å². The number of carbonyl (C=O) groups excluding carboxylic acids is 3. The fourth-order valence-electron chi connectivity index (χ4n) is 7.07. The number of allylic oxidation sites excluding steroid dienone is 20. The zero-order chi connectivity index (χ0) is 49.3. The summed E-state index contributed by atoms with van der Waals surface area (Å²) in [6.07, 6.45) is 76.3. The van der Waals surface area contributed by atoms with Crippen molar-refractivity contribution in [2.75, 3.05) is 13.2 Å². The van der Waals surface area contributed by atoms with E-state index in [1.165, 1.54) is 57.8 Å². The summed E-state index contributed by atoms with van der Waals surface area (Å²) in [7, 11) is 0. The SMILES string of the molecule is CC/C=C\C/C=C\C/C=C\C/C=C\C/C=C\C/C=C\C/C=C\C/C=C\CCCCC(=O)OCC(COC(=O)CCCCCCCCCC)OC(=O)CCCCCCC/C=C\C/C=C\CCCCC. The highest BCUT2D eigenvalue weighted by Gasteiger charge is 2.19. The van der Waals surface area contributed by atoms with Crippen molar-refractivity contribution < 1.29 is 28.6 Å². The third kappa shape index (κ3) is 52.8. The quantitative estimate of drug-likeness (QED) is 0.0262. The fraction of sp³-hybridized carbons (Fsp3) is 0.629. The molecule has 0 spiro atoms. The van der Waals surface area contributed by atoms with Gasteiger partial charge < -0.3 is 14.2 Å². The van der Waals surface area contributed by atoms with Crippen molar-refractivity contribution in [3.63, 3.8) is 0 Å². The van der Waals surface area contributed by atoms with E-state index in [9.17, 15) is 14.4 Å².